The lowest BCUT2D eigenvalue weighted by Crippen LogP contribution is -2.23. The lowest BCUT2D eigenvalue weighted by Gasteiger charge is -2.22. The maximum absolute atomic E-state index is 11.1. The third-order valence-electron chi connectivity index (χ3n) is 3.29. The summed E-state index contributed by atoms with van der Waals surface area (Å²) in [7, 11) is 0. The highest BCUT2D eigenvalue weighted by Gasteiger charge is 2.24. The number of anilines is 1. The molecule has 0 unspecified atom stereocenters. The van der Waals surface area contributed by atoms with E-state index in [1.54, 1.807) is 6.07 Å². The molecule has 1 saturated heterocycles. The Hall–Kier alpha value is -1.91. The van der Waals surface area contributed by atoms with Crippen molar-refractivity contribution in [3.63, 3.8) is 0 Å². The summed E-state index contributed by atoms with van der Waals surface area (Å²) in [6.45, 7) is 6.47. The standard InChI is InChI=1S/C13H19N3O2/c1-3-16(4-2)9-5-6-10(12(17)7-9)11-8-14-13(18)15-11/h5-7,11,17H,3-4,8H2,1-2H3,(H2,14,15,18)/t11-/m0/s1. The van der Waals surface area contributed by atoms with E-state index in [1.165, 1.54) is 0 Å². The van der Waals surface area contributed by atoms with Crippen LogP contribution in [0.2, 0.25) is 0 Å². The number of benzene rings is 1. The van der Waals surface area contributed by atoms with E-state index < -0.39 is 0 Å². The second kappa shape index (κ2) is 5.16. The normalized spacial score (nSPS) is 18.3. The summed E-state index contributed by atoms with van der Waals surface area (Å²) >= 11 is 0. The van der Waals surface area contributed by atoms with Crippen LogP contribution in [0.1, 0.15) is 25.5 Å². The van der Waals surface area contributed by atoms with Crippen LogP contribution in [0.3, 0.4) is 0 Å². The summed E-state index contributed by atoms with van der Waals surface area (Å²) in [4.78, 5) is 13.3. The summed E-state index contributed by atoms with van der Waals surface area (Å²) in [5, 5.41) is 15.5. The summed E-state index contributed by atoms with van der Waals surface area (Å²) in [6.07, 6.45) is 0. The average Bonchev–Trinajstić information content (AvgIpc) is 2.77. The van der Waals surface area contributed by atoms with Crippen LogP contribution >= 0.6 is 0 Å². The molecule has 1 aliphatic heterocycles. The zero-order valence-corrected chi connectivity index (χ0v) is 10.7. The number of urea groups is 1. The Balaban J connectivity index is 2.22. The molecule has 0 aliphatic carbocycles. The Morgan fingerprint density at radius 1 is 1.39 bits per heavy atom. The monoisotopic (exact) mass is 249 g/mol. The van der Waals surface area contributed by atoms with Crippen LogP contribution in [0.25, 0.3) is 0 Å². The van der Waals surface area contributed by atoms with E-state index in [2.05, 4.69) is 29.4 Å². The Labute approximate surface area is 107 Å². The van der Waals surface area contributed by atoms with Crippen molar-refractivity contribution in [1.82, 2.24) is 10.6 Å². The molecular weight excluding hydrogens is 230 g/mol. The number of hydrogen-bond acceptors (Lipinski definition) is 3. The van der Waals surface area contributed by atoms with Crippen molar-refractivity contribution in [2.24, 2.45) is 0 Å². The van der Waals surface area contributed by atoms with Crippen molar-refractivity contribution < 1.29 is 9.90 Å². The minimum Gasteiger partial charge on any atom is -0.508 e. The van der Waals surface area contributed by atoms with E-state index in [0.29, 0.717) is 6.54 Å². The Bertz CT molecular complexity index is 444. The van der Waals surface area contributed by atoms with Crippen molar-refractivity contribution in [3.8, 4) is 5.75 Å². The second-order valence-corrected chi connectivity index (χ2v) is 4.32. The molecule has 98 valence electrons. The molecule has 1 aliphatic rings. The van der Waals surface area contributed by atoms with Gasteiger partial charge in [-0.3, -0.25) is 0 Å². The van der Waals surface area contributed by atoms with Crippen molar-refractivity contribution >= 4 is 11.7 Å². The van der Waals surface area contributed by atoms with Gasteiger partial charge in [-0.25, -0.2) is 4.79 Å². The third kappa shape index (κ3) is 2.34. The fourth-order valence-electron chi connectivity index (χ4n) is 2.25. The predicted molar refractivity (Wildman–Crippen MR) is 70.9 cm³/mol. The first-order chi connectivity index (χ1) is 8.65. The van der Waals surface area contributed by atoms with Gasteiger partial charge in [0.05, 0.1) is 6.04 Å². The lowest BCUT2D eigenvalue weighted by molar-refractivity contribution is 0.247. The molecule has 1 aromatic carbocycles. The van der Waals surface area contributed by atoms with E-state index >= 15 is 0 Å². The van der Waals surface area contributed by atoms with Crippen LogP contribution in [-0.2, 0) is 0 Å². The zero-order valence-electron chi connectivity index (χ0n) is 10.7. The average molecular weight is 249 g/mol. The van der Waals surface area contributed by atoms with Gasteiger partial charge < -0.3 is 20.6 Å². The van der Waals surface area contributed by atoms with E-state index in [0.717, 1.165) is 24.3 Å². The number of carbonyl (C=O) groups excluding carboxylic acids is 1. The molecule has 0 radical (unpaired) electrons. The molecule has 0 saturated carbocycles. The molecule has 0 spiro atoms. The molecular formula is C13H19N3O2. The maximum Gasteiger partial charge on any atom is 0.315 e. The molecule has 2 rings (SSSR count). The van der Waals surface area contributed by atoms with Crippen LogP contribution < -0.4 is 15.5 Å². The van der Waals surface area contributed by atoms with Gasteiger partial charge in [-0.15, -0.1) is 0 Å². The number of carbonyl (C=O) groups is 1. The number of phenolic OH excluding ortho intramolecular Hbond substituents is 1. The first-order valence-corrected chi connectivity index (χ1v) is 6.28. The molecule has 18 heavy (non-hydrogen) atoms. The number of phenols is 1. The van der Waals surface area contributed by atoms with Gasteiger partial charge in [-0.05, 0) is 19.9 Å². The molecule has 1 aromatic rings. The molecule has 5 heteroatoms. The first-order valence-electron chi connectivity index (χ1n) is 6.28. The molecule has 1 fully saturated rings. The Morgan fingerprint density at radius 3 is 2.61 bits per heavy atom. The molecule has 0 bridgehead atoms. The fraction of sp³-hybridized carbons (Fsp3) is 0.462. The van der Waals surface area contributed by atoms with Crippen LogP contribution in [-0.4, -0.2) is 30.8 Å². The third-order valence-corrected chi connectivity index (χ3v) is 3.29. The SMILES string of the molecule is CCN(CC)c1ccc([C@@H]2CNC(=O)N2)c(O)c1. The number of amides is 2. The van der Waals surface area contributed by atoms with Gasteiger partial charge in [0.2, 0.25) is 0 Å². The highest BCUT2D eigenvalue weighted by molar-refractivity contribution is 5.77. The van der Waals surface area contributed by atoms with Gasteiger partial charge in [-0.1, -0.05) is 6.07 Å². The molecule has 0 aromatic heterocycles. The number of aromatic hydroxyl groups is 1. The second-order valence-electron chi connectivity index (χ2n) is 4.32. The Morgan fingerprint density at radius 2 is 2.11 bits per heavy atom. The number of hydrogen-bond donors (Lipinski definition) is 3. The summed E-state index contributed by atoms with van der Waals surface area (Å²) in [5.74, 6) is 0.230. The number of rotatable bonds is 4. The Kier molecular flexibility index (Phi) is 3.60. The number of nitrogens with one attached hydrogen (secondary N) is 2. The first kappa shape index (κ1) is 12.5. The summed E-state index contributed by atoms with van der Waals surface area (Å²) in [6, 6.07) is 5.27. The van der Waals surface area contributed by atoms with Crippen LogP contribution in [0, 0.1) is 0 Å². The quantitative estimate of drug-likeness (QED) is 0.759. The van der Waals surface area contributed by atoms with Gasteiger partial charge in [-0.2, -0.15) is 0 Å². The maximum atomic E-state index is 11.1. The predicted octanol–water partition coefficient (Wildman–Crippen LogP) is 1.59. The van der Waals surface area contributed by atoms with Crippen LogP contribution in [0.15, 0.2) is 18.2 Å². The van der Waals surface area contributed by atoms with E-state index in [-0.39, 0.29) is 17.8 Å². The zero-order chi connectivity index (χ0) is 13.1. The highest BCUT2D eigenvalue weighted by Crippen LogP contribution is 2.29. The lowest BCUT2D eigenvalue weighted by atomic mass is 10.1. The number of nitrogens with zero attached hydrogens (tertiary/aromatic N) is 1. The van der Waals surface area contributed by atoms with E-state index in [1.807, 2.05) is 12.1 Å². The van der Waals surface area contributed by atoms with Crippen molar-refractivity contribution in [2.75, 3.05) is 24.5 Å². The van der Waals surface area contributed by atoms with E-state index in [4.69, 9.17) is 0 Å². The molecule has 2 amide bonds. The van der Waals surface area contributed by atoms with Crippen LogP contribution in [0.5, 0.6) is 5.75 Å². The van der Waals surface area contributed by atoms with Crippen molar-refractivity contribution in [2.45, 2.75) is 19.9 Å². The minimum absolute atomic E-state index is 0.150. The largest absolute Gasteiger partial charge is 0.508 e. The molecule has 3 N–H and O–H groups in total. The van der Waals surface area contributed by atoms with E-state index in [9.17, 15) is 9.90 Å². The minimum atomic E-state index is -0.188. The van der Waals surface area contributed by atoms with Gasteiger partial charge in [0.25, 0.3) is 0 Å². The topological polar surface area (TPSA) is 64.6 Å². The summed E-state index contributed by atoms with van der Waals surface area (Å²) < 4.78 is 0. The van der Waals surface area contributed by atoms with Crippen LogP contribution in [0.4, 0.5) is 10.5 Å². The van der Waals surface area contributed by atoms with Crippen molar-refractivity contribution in [3.05, 3.63) is 23.8 Å². The van der Waals surface area contributed by atoms with Gasteiger partial charge >= 0.3 is 6.03 Å². The molecule has 1 heterocycles. The smallest absolute Gasteiger partial charge is 0.315 e. The van der Waals surface area contributed by atoms with Crippen molar-refractivity contribution in [1.29, 1.82) is 0 Å². The van der Waals surface area contributed by atoms with Gasteiger partial charge in [0, 0.05) is 37.0 Å². The highest BCUT2D eigenvalue weighted by atomic mass is 16.3. The fourth-order valence-corrected chi connectivity index (χ4v) is 2.25. The van der Waals surface area contributed by atoms with Gasteiger partial charge in [0.1, 0.15) is 5.75 Å². The summed E-state index contributed by atoms with van der Waals surface area (Å²) in [5.41, 5.74) is 1.75. The molecule has 1 atom stereocenters. The molecule has 5 nitrogen and oxygen atoms in total. The van der Waals surface area contributed by atoms with Gasteiger partial charge in [0.15, 0.2) is 0 Å².